The summed E-state index contributed by atoms with van der Waals surface area (Å²) in [7, 11) is 2.30. The zero-order chi connectivity index (χ0) is 17.5. The smallest absolute Gasteiger partial charge is 0.193 e. The molecule has 0 aromatic carbocycles. The second-order valence-corrected chi connectivity index (χ2v) is 8.34. The van der Waals surface area contributed by atoms with Crippen molar-refractivity contribution in [2.45, 2.75) is 64.3 Å². The lowest BCUT2D eigenvalue weighted by Crippen LogP contribution is -2.41. The Hall–Kier alpha value is -0.0800. The van der Waals surface area contributed by atoms with Crippen molar-refractivity contribution < 1.29 is 4.74 Å². The van der Waals surface area contributed by atoms with Crippen LogP contribution in [0.25, 0.3) is 0 Å². The molecule has 3 fully saturated rings. The van der Waals surface area contributed by atoms with Crippen molar-refractivity contribution in [2.24, 2.45) is 10.4 Å². The third-order valence-corrected chi connectivity index (χ3v) is 6.39. The summed E-state index contributed by atoms with van der Waals surface area (Å²) in [5.41, 5.74) is 0.400. The van der Waals surface area contributed by atoms with Gasteiger partial charge in [-0.25, -0.2) is 0 Å². The minimum absolute atomic E-state index is 0. The molecule has 5 nitrogen and oxygen atoms in total. The van der Waals surface area contributed by atoms with Gasteiger partial charge in [0.15, 0.2) is 5.96 Å². The Morgan fingerprint density at radius 3 is 2.77 bits per heavy atom. The molecule has 26 heavy (non-hydrogen) atoms. The first-order chi connectivity index (χ1) is 12.2. The summed E-state index contributed by atoms with van der Waals surface area (Å²) in [4.78, 5) is 9.96. The van der Waals surface area contributed by atoms with Crippen LogP contribution in [0, 0.1) is 5.41 Å². The quantitative estimate of drug-likeness (QED) is 0.275. The van der Waals surface area contributed by atoms with Gasteiger partial charge in [0.05, 0.1) is 6.61 Å². The third kappa shape index (κ3) is 5.96. The molecule has 2 heterocycles. The molecule has 2 aliphatic heterocycles. The highest BCUT2D eigenvalue weighted by Gasteiger charge is 2.42. The molecule has 6 heteroatoms. The molecule has 0 amide bonds. The summed E-state index contributed by atoms with van der Waals surface area (Å²) in [6.07, 6.45) is 10.7. The van der Waals surface area contributed by atoms with E-state index in [-0.39, 0.29) is 24.0 Å². The number of nitrogens with zero attached hydrogens (tertiary/aromatic N) is 3. The van der Waals surface area contributed by atoms with Gasteiger partial charge >= 0.3 is 0 Å². The number of ether oxygens (including phenoxy) is 1. The molecule has 3 rings (SSSR count). The number of nitrogens with one attached hydrogen (secondary N) is 1. The van der Waals surface area contributed by atoms with Crippen molar-refractivity contribution in [3.8, 4) is 0 Å². The van der Waals surface area contributed by atoms with Crippen LogP contribution in [-0.2, 0) is 4.74 Å². The second kappa shape index (κ2) is 11.1. The van der Waals surface area contributed by atoms with Crippen molar-refractivity contribution in [1.82, 2.24) is 15.1 Å². The highest BCUT2D eigenvalue weighted by Crippen LogP contribution is 2.38. The molecule has 0 aromatic heterocycles. The average Bonchev–Trinajstić information content (AvgIpc) is 3.28. The zero-order valence-corrected chi connectivity index (χ0v) is 19.2. The van der Waals surface area contributed by atoms with Gasteiger partial charge in [-0.3, -0.25) is 4.99 Å². The normalized spacial score (nSPS) is 27.3. The van der Waals surface area contributed by atoms with Crippen LogP contribution in [0.15, 0.2) is 4.99 Å². The monoisotopic (exact) mass is 478 g/mol. The lowest BCUT2D eigenvalue weighted by Gasteiger charge is -2.31. The van der Waals surface area contributed by atoms with E-state index in [4.69, 9.17) is 9.73 Å². The fraction of sp³-hybridized carbons (Fsp3) is 0.950. The number of halogens is 1. The van der Waals surface area contributed by atoms with E-state index in [2.05, 4.69) is 29.1 Å². The van der Waals surface area contributed by atoms with Crippen LogP contribution >= 0.6 is 24.0 Å². The molecule has 3 aliphatic rings. The number of hydrogen-bond donors (Lipinski definition) is 1. The Morgan fingerprint density at radius 2 is 2.08 bits per heavy atom. The van der Waals surface area contributed by atoms with Gasteiger partial charge in [-0.2, -0.15) is 0 Å². The molecule has 0 bridgehead atoms. The van der Waals surface area contributed by atoms with E-state index in [0.717, 1.165) is 57.8 Å². The predicted molar refractivity (Wildman–Crippen MR) is 120 cm³/mol. The van der Waals surface area contributed by atoms with Gasteiger partial charge in [-0.15, -0.1) is 24.0 Å². The Bertz CT molecular complexity index is 434. The summed E-state index contributed by atoms with van der Waals surface area (Å²) in [6, 6.07) is 0.812. The van der Waals surface area contributed by atoms with Gasteiger partial charge in [-0.1, -0.05) is 19.3 Å². The molecular weight excluding hydrogens is 439 g/mol. The maximum atomic E-state index is 5.66. The lowest BCUT2D eigenvalue weighted by molar-refractivity contribution is 0.156. The predicted octanol–water partition coefficient (Wildman–Crippen LogP) is 3.34. The van der Waals surface area contributed by atoms with Crippen LogP contribution in [0.4, 0.5) is 0 Å². The van der Waals surface area contributed by atoms with Crippen molar-refractivity contribution in [2.75, 3.05) is 53.0 Å². The van der Waals surface area contributed by atoms with Gasteiger partial charge in [0.25, 0.3) is 0 Å². The molecular formula is C20H39IN4O. The highest BCUT2D eigenvalue weighted by atomic mass is 127. The van der Waals surface area contributed by atoms with Crippen LogP contribution in [0.5, 0.6) is 0 Å². The van der Waals surface area contributed by atoms with Crippen molar-refractivity contribution in [1.29, 1.82) is 0 Å². The Balaban J connectivity index is 0.00000243. The number of aliphatic imine (C=N–C) groups is 1. The van der Waals surface area contributed by atoms with Crippen LogP contribution in [0.3, 0.4) is 0 Å². The molecule has 1 saturated carbocycles. The minimum atomic E-state index is 0. The second-order valence-electron chi connectivity index (χ2n) is 8.34. The van der Waals surface area contributed by atoms with Crippen LogP contribution in [0.2, 0.25) is 0 Å². The number of rotatable bonds is 6. The van der Waals surface area contributed by atoms with Gasteiger partial charge in [0.2, 0.25) is 0 Å². The van der Waals surface area contributed by atoms with Crippen molar-refractivity contribution in [3.63, 3.8) is 0 Å². The van der Waals surface area contributed by atoms with Crippen molar-refractivity contribution >= 4 is 29.9 Å². The fourth-order valence-electron chi connectivity index (χ4n) is 4.72. The van der Waals surface area contributed by atoms with Crippen molar-refractivity contribution in [3.05, 3.63) is 0 Å². The topological polar surface area (TPSA) is 40.1 Å². The van der Waals surface area contributed by atoms with Gasteiger partial charge < -0.3 is 19.9 Å². The molecule has 1 spiro atoms. The Kier molecular flexibility index (Phi) is 9.44. The van der Waals surface area contributed by atoms with E-state index in [1.807, 2.05) is 0 Å². The van der Waals surface area contributed by atoms with Gasteiger partial charge in [-0.05, 0) is 52.6 Å². The summed E-state index contributed by atoms with van der Waals surface area (Å²) in [5, 5.41) is 3.50. The minimum Gasteiger partial charge on any atom is -0.381 e. The van der Waals surface area contributed by atoms with Gasteiger partial charge in [0, 0.05) is 44.2 Å². The van der Waals surface area contributed by atoms with E-state index in [9.17, 15) is 0 Å². The molecule has 1 atom stereocenters. The third-order valence-electron chi connectivity index (χ3n) is 6.39. The van der Waals surface area contributed by atoms with E-state index in [1.54, 1.807) is 0 Å². The highest BCUT2D eigenvalue weighted by molar-refractivity contribution is 14.0. The molecule has 2 saturated heterocycles. The first kappa shape index (κ1) is 22.2. The Morgan fingerprint density at radius 1 is 1.27 bits per heavy atom. The first-order valence-corrected chi connectivity index (χ1v) is 10.5. The summed E-state index contributed by atoms with van der Waals surface area (Å²) in [5.74, 6) is 1.12. The van der Waals surface area contributed by atoms with E-state index >= 15 is 0 Å². The molecule has 152 valence electrons. The van der Waals surface area contributed by atoms with E-state index in [1.165, 1.54) is 51.5 Å². The molecule has 1 unspecified atom stereocenters. The summed E-state index contributed by atoms with van der Waals surface area (Å²) >= 11 is 0. The van der Waals surface area contributed by atoms with Gasteiger partial charge in [0.1, 0.15) is 0 Å². The maximum Gasteiger partial charge on any atom is 0.193 e. The molecule has 1 N–H and O–H groups in total. The summed E-state index contributed by atoms with van der Waals surface area (Å²) < 4.78 is 5.66. The maximum absolute atomic E-state index is 5.66. The average molecular weight is 478 g/mol. The Labute approximate surface area is 177 Å². The fourth-order valence-corrected chi connectivity index (χ4v) is 4.72. The molecule has 0 radical (unpaired) electrons. The molecule has 1 aliphatic carbocycles. The number of likely N-dealkylation sites (tertiary alicyclic amines) is 1. The lowest BCUT2D eigenvalue weighted by atomic mass is 9.87. The zero-order valence-electron chi connectivity index (χ0n) is 16.8. The van der Waals surface area contributed by atoms with Crippen LogP contribution in [-0.4, -0.2) is 74.8 Å². The number of guanidine groups is 1. The largest absolute Gasteiger partial charge is 0.381 e. The standard InChI is InChI=1S/C20H38N4O.HI/c1-3-21-19(24-14-10-20(16-24)11-15-25-17-20)22-12-7-13-23(2)18-8-5-4-6-9-18;/h18H,3-17H2,1-2H3,(H,21,22);1H. The first-order valence-electron chi connectivity index (χ1n) is 10.5. The van der Waals surface area contributed by atoms with E-state index in [0.29, 0.717) is 5.41 Å². The molecule has 0 aromatic rings. The number of hydrogen-bond acceptors (Lipinski definition) is 3. The van der Waals surface area contributed by atoms with Crippen LogP contribution < -0.4 is 5.32 Å². The SMILES string of the molecule is CCNC(=NCCCN(C)C1CCCCC1)N1CCC2(CCOC2)C1.I. The van der Waals surface area contributed by atoms with Crippen LogP contribution in [0.1, 0.15) is 58.3 Å². The summed E-state index contributed by atoms with van der Waals surface area (Å²) in [6.45, 7) is 9.32. The van der Waals surface area contributed by atoms with E-state index < -0.39 is 0 Å².